The lowest BCUT2D eigenvalue weighted by molar-refractivity contribution is -0.123. The van der Waals surface area contributed by atoms with Crippen molar-refractivity contribution in [2.24, 2.45) is 0 Å². The average Bonchev–Trinajstić information content (AvgIpc) is 2.26. The molecule has 2 N–H and O–H groups in total. The van der Waals surface area contributed by atoms with Crippen molar-refractivity contribution in [1.82, 2.24) is 20.0 Å². The van der Waals surface area contributed by atoms with Crippen molar-refractivity contribution in [3.8, 4) is 0 Å². The van der Waals surface area contributed by atoms with Gasteiger partial charge in [0.15, 0.2) is 0 Å². The van der Waals surface area contributed by atoms with E-state index in [9.17, 15) is 13.2 Å². The third-order valence-corrected chi connectivity index (χ3v) is 3.82. The van der Waals surface area contributed by atoms with Crippen molar-refractivity contribution in [2.45, 2.75) is 44.2 Å². The molecule has 1 atom stereocenters. The molecule has 0 bridgehead atoms. The van der Waals surface area contributed by atoms with Gasteiger partial charge in [-0.25, -0.2) is 18.4 Å². The van der Waals surface area contributed by atoms with Crippen LogP contribution in [0.5, 0.6) is 0 Å². The molecule has 1 unspecified atom stereocenters. The number of amides is 1. The molecule has 0 aliphatic rings. The summed E-state index contributed by atoms with van der Waals surface area (Å²) in [6.07, 6.45) is 2.15. The van der Waals surface area contributed by atoms with Gasteiger partial charge in [0.25, 0.3) is 0 Å². The van der Waals surface area contributed by atoms with E-state index in [1.165, 1.54) is 6.92 Å². The summed E-state index contributed by atoms with van der Waals surface area (Å²) in [6, 6.07) is -0.921. The summed E-state index contributed by atoms with van der Waals surface area (Å²) in [5, 5.41) is 2.63. The molecular weight excluding hydrogens is 304 g/mol. The SMILES string of the molecule is CC(NS(=O)(=O)c1cnc(Cl)nc1)C(=O)NC(C)(C)C. The molecule has 1 rings (SSSR count). The van der Waals surface area contributed by atoms with Crippen LogP contribution in [0.1, 0.15) is 27.7 Å². The highest BCUT2D eigenvalue weighted by molar-refractivity contribution is 7.89. The number of rotatable bonds is 4. The summed E-state index contributed by atoms with van der Waals surface area (Å²) in [5.74, 6) is -0.420. The monoisotopic (exact) mass is 320 g/mol. The highest BCUT2D eigenvalue weighted by Crippen LogP contribution is 2.08. The maximum absolute atomic E-state index is 12.0. The number of hydrogen-bond donors (Lipinski definition) is 2. The first-order valence-electron chi connectivity index (χ1n) is 5.83. The van der Waals surface area contributed by atoms with E-state index in [1.807, 2.05) is 0 Å². The fourth-order valence-corrected chi connectivity index (χ4v) is 2.46. The molecule has 0 saturated heterocycles. The molecular formula is C11H17ClN4O3S. The summed E-state index contributed by atoms with van der Waals surface area (Å²) < 4.78 is 26.3. The summed E-state index contributed by atoms with van der Waals surface area (Å²) in [7, 11) is -3.87. The van der Waals surface area contributed by atoms with Crippen LogP contribution in [-0.2, 0) is 14.8 Å². The van der Waals surface area contributed by atoms with E-state index < -0.39 is 27.5 Å². The molecule has 1 aromatic heterocycles. The van der Waals surface area contributed by atoms with E-state index in [2.05, 4.69) is 20.0 Å². The van der Waals surface area contributed by atoms with Gasteiger partial charge in [-0.3, -0.25) is 4.79 Å². The molecule has 0 fully saturated rings. The van der Waals surface area contributed by atoms with Gasteiger partial charge in [0, 0.05) is 5.54 Å². The number of nitrogens with one attached hydrogen (secondary N) is 2. The van der Waals surface area contributed by atoms with E-state index in [0.29, 0.717) is 0 Å². The Morgan fingerprint density at radius 2 is 1.80 bits per heavy atom. The van der Waals surface area contributed by atoms with Gasteiger partial charge in [0.05, 0.1) is 18.4 Å². The fraction of sp³-hybridized carbons (Fsp3) is 0.545. The summed E-state index contributed by atoms with van der Waals surface area (Å²) in [4.78, 5) is 18.9. The van der Waals surface area contributed by atoms with Crippen LogP contribution in [0, 0.1) is 0 Å². The predicted molar refractivity (Wildman–Crippen MR) is 74.7 cm³/mol. The van der Waals surface area contributed by atoms with Crippen LogP contribution in [-0.4, -0.2) is 35.9 Å². The van der Waals surface area contributed by atoms with Gasteiger partial charge in [0.2, 0.25) is 21.2 Å². The quantitative estimate of drug-likeness (QED) is 0.796. The maximum atomic E-state index is 12.0. The van der Waals surface area contributed by atoms with Crippen molar-refractivity contribution < 1.29 is 13.2 Å². The average molecular weight is 321 g/mol. The van der Waals surface area contributed by atoms with Crippen LogP contribution in [0.25, 0.3) is 0 Å². The van der Waals surface area contributed by atoms with Gasteiger partial charge in [0.1, 0.15) is 4.90 Å². The molecule has 112 valence electrons. The molecule has 0 radical (unpaired) electrons. The van der Waals surface area contributed by atoms with Crippen molar-refractivity contribution in [1.29, 1.82) is 0 Å². The Balaban J connectivity index is 2.81. The van der Waals surface area contributed by atoms with E-state index in [-0.39, 0.29) is 10.2 Å². The normalized spacial score (nSPS) is 13.8. The predicted octanol–water partition coefficient (Wildman–Crippen LogP) is 0.711. The maximum Gasteiger partial charge on any atom is 0.244 e. The van der Waals surface area contributed by atoms with Gasteiger partial charge < -0.3 is 5.32 Å². The molecule has 0 saturated carbocycles. The number of aromatic nitrogens is 2. The van der Waals surface area contributed by atoms with Crippen LogP contribution in [0.15, 0.2) is 17.3 Å². The topological polar surface area (TPSA) is 101 Å². The number of carbonyl (C=O) groups excluding carboxylic acids is 1. The minimum atomic E-state index is -3.87. The third-order valence-electron chi connectivity index (χ3n) is 2.13. The van der Waals surface area contributed by atoms with Gasteiger partial charge in [-0.1, -0.05) is 0 Å². The zero-order chi connectivity index (χ0) is 15.6. The Bertz CT molecular complexity index is 581. The highest BCUT2D eigenvalue weighted by Gasteiger charge is 2.25. The van der Waals surface area contributed by atoms with Crippen molar-refractivity contribution >= 4 is 27.5 Å². The molecule has 9 heteroatoms. The Kier molecular flexibility index (Phi) is 5.06. The molecule has 0 aliphatic heterocycles. The second-order valence-corrected chi connectivity index (χ2v) is 7.32. The number of nitrogens with zero attached hydrogens (tertiary/aromatic N) is 2. The Morgan fingerprint density at radius 1 is 1.30 bits per heavy atom. The summed E-state index contributed by atoms with van der Waals surface area (Å²) >= 11 is 5.49. The molecule has 0 aromatic carbocycles. The van der Waals surface area contributed by atoms with E-state index in [1.54, 1.807) is 20.8 Å². The molecule has 1 aromatic rings. The standard InChI is InChI=1S/C11H17ClN4O3S/c1-7(9(17)15-11(2,3)4)16-20(18,19)8-5-13-10(12)14-6-8/h5-7,16H,1-4H3,(H,15,17). The minimum absolute atomic E-state index is 0.0533. The van der Waals surface area contributed by atoms with E-state index >= 15 is 0 Å². The first-order chi connectivity index (χ1) is 9.01. The Hall–Kier alpha value is -1.25. The molecule has 1 heterocycles. The van der Waals surface area contributed by atoms with Crippen LogP contribution in [0.4, 0.5) is 0 Å². The van der Waals surface area contributed by atoms with Crippen molar-refractivity contribution in [2.75, 3.05) is 0 Å². The summed E-state index contributed by atoms with van der Waals surface area (Å²) in [6.45, 7) is 6.87. The van der Waals surface area contributed by atoms with Crippen molar-refractivity contribution in [3.63, 3.8) is 0 Å². The second-order valence-electron chi connectivity index (χ2n) is 5.27. The van der Waals surface area contributed by atoms with E-state index in [0.717, 1.165) is 12.4 Å². The third kappa shape index (κ3) is 5.03. The Labute approximate surface area is 123 Å². The minimum Gasteiger partial charge on any atom is -0.350 e. The first kappa shape index (κ1) is 16.8. The highest BCUT2D eigenvalue weighted by atomic mass is 35.5. The molecule has 1 amide bonds. The number of halogens is 1. The van der Waals surface area contributed by atoms with Crippen molar-refractivity contribution in [3.05, 3.63) is 17.7 Å². The smallest absolute Gasteiger partial charge is 0.244 e. The molecule has 7 nitrogen and oxygen atoms in total. The largest absolute Gasteiger partial charge is 0.350 e. The number of carbonyl (C=O) groups is 1. The lowest BCUT2D eigenvalue weighted by Crippen LogP contribution is -2.50. The lowest BCUT2D eigenvalue weighted by atomic mass is 10.1. The van der Waals surface area contributed by atoms with Crippen LogP contribution < -0.4 is 10.0 Å². The summed E-state index contributed by atoms with van der Waals surface area (Å²) in [5.41, 5.74) is -0.444. The number of sulfonamides is 1. The van der Waals surface area contributed by atoms with Gasteiger partial charge in [-0.15, -0.1) is 0 Å². The zero-order valence-corrected chi connectivity index (χ0v) is 13.2. The molecule has 0 aliphatic carbocycles. The Morgan fingerprint density at radius 3 is 2.25 bits per heavy atom. The lowest BCUT2D eigenvalue weighted by Gasteiger charge is -2.23. The first-order valence-corrected chi connectivity index (χ1v) is 7.69. The molecule has 0 spiro atoms. The fourth-order valence-electron chi connectivity index (χ4n) is 1.27. The van der Waals surface area contributed by atoms with E-state index in [4.69, 9.17) is 11.6 Å². The second kappa shape index (κ2) is 6.02. The molecule has 20 heavy (non-hydrogen) atoms. The van der Waals surface area contributed by atoms with Crippen LogP contribution in [0.2, 0.25) is 5.28 Å². The van der Waals surface area contributed by atoms with Gasteiger partial charge >= 0.3 is 0 Å². The van der Waals surface area contributed by atoms with Gasteiger partial charge in [-0.2, -0.15) is 4.72 Å². The van der Waals surface area contributed by atoms with Crippen LogP contribution >= 0.6 is 11.6 Å². The number of hydrogen-bond acceptors (Lipinski definition) is 5. The van der Waals surface area contributed by atoms with Crippen LogP contribution in [0.3, 0.4) is 0 Å². The zero-order valence-electron chi connectivity index (χ0n) is 11.6. The van der Waals surface area contributed by atoms with Gasteiger partial charge in [-0.05, 0) is 39.3 Å².